The minimum Gasteiger partial charge on any atom is -0.446 e. The molecular formula is C25H37N5O3. The third kappa shape index (κ3) is 4.74. The van der Waals surface area contributed by atoms with E-state index in [1.165, 1.54) is 12.0 Å². The van der Waals surface area contributed by atoms with Crippen LogP contribution in [0.3, 0.4) is 0 Å². The topological polar surface area (TPSA) is 77.2 Å². The first-order valence-electron chi connectivity index (χ1n) is 12.5. The normalized spacial score (nSPS) is 27.8. The number of hydrazine groups is 1. The van der Waals surface area contributed by atoms with Crippen LogP contribution < -0.4 is 20.5 Å². The number of ether oxygens (including phenoxy) is 1. The summed E-state index contributed by atoms with van der Waals surface area (Å²) in [7, 11) is 0. The molecule has 0 radical (unpaired) electrons. The van der Waals surface area contributed by atoms with Gasteiger partial charge in [0.2, 0.25) is 5.91 Å². The predicted octanol–water partition coefficient (Wildman–Crippen LogP) is 2.70. The summed E-state index contributed by atoms with van der Waals surface area (Å²) in [5, 5.41) is 5.79. The second kappa shape index (κ2) is 9.24. The Morgan fingerprint density at radius 3 is 2.64 bits per heavy atom. The fraction of sp³-hybridized carbons (Fsp3) is 0.680. The van der Waals surface area contributed by atoms with Crippen LogP contribution >= 0.6 is 0 Å². The first-order valence-corrected chi connectivity index (χ1v) is 12.5. The van der Waals surface area contributed by atoms with Crippen molar-refractivity contribution in [2.24, 2.45) is 11.8 Å². The lowest BCUT2D eigenvalue weighted by molar-refractivity contribution is -0.120. The molecule has 0 aromatic heterocycles. The van der Waals surface area contributed by atoms with Gasteiger partial charge in [-0.25, -0.2) is 9.80 Å². The van der Waals surface area contributed by atoms with Crippen molar-refractivity contribution in [2.75, 3.05) is 49.1 Å². The van der Waals surface area contributed by atoms with E-state index in [9.17, 15) is 9.59 Å². The number of hydrogen-bond acceptors (Lipinski definition) is 6. The summed E-state index contributed by atoms with van der Waals surface area (Å²) >= 11 is 0. The van der Waals surface area contributed by atoms with Crippen LogP contribution in [0.4, 0.5) is 16.2 Å². The molecule has 1 unspecified atom stereocenters. The molecule has 3 fully saturated rings. The van der Waals surface area contributed by atoms with Crippen molar-refractivity contribution in [3.05, 3.63) is 23.8 Å². The van der Waals surface area contributed by atoms with Crippen molar-refractivity contribution in [3.63, 3.8) is 0 Å². The number of nitrogens with one attached hydrogen (secondary N) is 2. The van der Waals surface area contributed by atoms with Crippen molar-refractivity contribution < 1.29 is 14.3 Å². The van der Waals surface area contributed by atoms with E-state index in [-0.39, 0.29) is 30.1 Å². The Labute approximate surface area is 196 Å². The average molecular weight is 456 g/mol. The Morgan fingerprint density at radius 2 is 1.94 bits per heavy atom. The van der Waals surface area contributed by atoms with E-state index in [0.717, 1.165) is 56.9 Å². The van der Waals surface area contributed by atoms with Crippen LogP contribution in [0, 0.1) is 11.8 Å². The number of hydrogen-bond donors (Lipinski definition) is 2. The zero-order valence-electron chi connectivity index (χ0n) is 20.0. The minimum absolute atomic E-state index is 0.0835. The van der Waals surface area contributed by atoms with Gasteiger partial charge in [0.05, 0.1) is 23.5 Å². The largest absolute Gasteiger partial charge is 0.446 e. The van der Waals surface area contributed by atoms with E-state index in [1.807, 2.05) is 31.7 Å². The van der Waals surface area contributed by atoms with Gasteiger partial charge in [-0.1, -0.05) is 6.07 Å². The van der Waals surface area contributed by atoms with E-state index < -0.39 is 0 Å². The molecule has 0 bridgehead atoms. The summed E-state index contributed by atoms with van der Waals surface area (Å²) in [5.74, 6) is 1.36. The summed E-state index contributed by atoms with van der Waals surface area (Å²) in [5.41, 5.74) is 6.39. The number of fused-ring (bicyclic) bond motifs is 1. The summed E-state index contributed by atoms with van der Waals surface area (Å²) in [6.07, 6.45) is 2.64. The third-order valence-corrected chi connectivity index (χ3v) is 7.27. The molecule has 1 saturated carbocycles. The highest BCUT2D eigenvalue weighted by Gasteiger charge is 2.41. The minimum atomic E-state index is -0.339. The molecule has 8 heteroatoms. The van der Waals surface area contributed by atoms with Crippen LogP contribution in [0.2, 0.25) is 0 Å². The SMILES string of the molecule is CC(C)OC(=O)N1C[C@H](C)N(C(=O)C2CC2)c2ccc(C3CNN(C[C@@H]4CCNC4)C3)cc21. The molecule has 0 spiro atoms. The molecule has 33 heavy (non-hydrogen) atoms. The molecule has 2 N–H and O–H groups in total. The first-order chi connectivity index (χ1) is 15.9. The number of carbonyl (C=O) groups excluding carboxylic acids is 2. The fourth-order valence-electron chi connectivity index (χ4n) is 5.38. The second-order valence-electron chi connectivity index (χ2n) is 10.4. The van der Waals surface area contributed by atoms with E-state index >= 15 is 0 Å². The van der Waals surface area contributed by atoms with Crippen molar-refractivity contribution in [3.8, 4) is 0 Å². The van der Waals surface area contributed by atoms with Gasteiger partial charge in [-0.2, -0.15) is 0 Å². The van der Waals surface area contributed by atoms with Crippen LogP contribution in [-0.4, -0.2) is 68.4 Å². The fourth-order valence-corrected chi connectivity index (χ4v) is 5.38. The molecule has 180 valence electrons. The molecule has 1 aliphatic carbocycles. The maximum absolute atomic E-state index is 13.1. The predicted molar refractivity (Wildman–Crippen MR) is 128 cm³/mol. The van der Waals surface area contributed by atoms with E-state index in [2.05, 4.69) is 27.9 Å². The average Bonchev–Trinajstić information content (AvgIpc) is 3.31. The molecule has 3 heterocycles. The number of anilines is 2. The van der Waals surface area contributed by atoms with E-state index in [4.69, 9.17) is 4.74 Å². The van der Waals surface area contributed by atoms with Gasteiger partial charge in [0.25, 0.3) is 0 Å². The molecule has 3 atom stereocenters. The molecular weight excluding hydrogens is 418 g/mol. The highest BCUT2D eigenvalue weighted by atomic mass is 16.6. The summed E-state index contributed by atoms with van der Waals surface area (Å²) in [6, 6.07) is 6.21. The summed E-state index contributed by atoms with van der Waals surface area (Å²) < 4.78 is 5.56. The van der Waals surface area contributed by atoms with Gasteiger partial charge < -0.3 is 15.0 Å². The lowest BCUT2D eigenvalue weighted by Crippen LogP contribution is -2.52. The highest BCUT2D eigenvalue weighted by molar-refractivity contribution is 6.04. The van der Waals surface area contributed by atoms with Crippen LogP contribution in [0.1, 0.15) is 51.5 Å². The van der Waals surface area contributed by atoms with Crippen molar-refractivity contribution in [1.82, 2.24) is 15.8 Å². The molecule has 1 aromatic carbocycles. The standard InChI is InChI=1S/C25H37N5O3/c1-16(2)33-25(32)29-13-17(3)30(24(31)19-4-5-19)22-7-6-20(10-23(22)29)21-12-27-28(15-21)14-18-8-9-26-11-18/h6-7,10,16-19,21,26-27H,4-5,8-9,11-15H2,1-3H3/t17-,18+,21?/m0/s1. The Bertz CT molecular complexity index is 896. The van der Waals surface area contributed by atoms with Crippen molar-refractivity contribution in [2.45, 2.75) is 58.1 Å². The van der Waals surface area contributed by atoms with Crippen LogP contribution in [-0.2, 0) is 9.53 Å². The zero-order valence-corrected chi connectivity index (χ0v) is 20.0. The Hall–Kier alpha value is -2.16. The second-order valence-corrected chi connectivity index (χ2v) is 10.4. The quantitative estimate of drug-likeness (QED) is 0.711. The maximum Gasteiger partial charge on any atom is 0.414 e. The number of rotatable bonds is 5. The summed E-state index contributed by atoms with van der Waals surface area (Å²) in [4.78, 5) is 29.7. The van der Waals surface area contributed by atoms with Gasteiger partial charge in [0, 0.05) is 38.0 Å². The molecule has 1 aromatic rings. The van der Waals surface area contributed by atoms with Gasteiger partial charge in [-0.05, 0) is 76.7 Å². The monoisotopic (exact) mass is 455 g/mol. The van der Waals surface area contributed by atoms with E-state index in [1.54, 1.807) is 4.90 Å². The Kier molecular flexibility index (Phi) is 6.33. The molecule has 8 nitrogen and oxygen atoms in total. The smallest absolute Gasteiger partial charge is 0.414 e. The lowest BCUT2D eigenvalue weighted by Gasteiger charge is -2.41. The van der Waals surface area contributed by atoms with Crippen LogP contribution in [0.15, 0.2) is 18.2 Å². The lowest BCUT2D eigenvalue weighted by atomic mass is 9.96. The summed E-state index contributed by atoms with van der Waals surface area (Å²) in [6.45, 7) is 11.3. The van der Waals surface area contributed by atoms with Gasteiger partial charge in [0.15, 0.2) is 0 Å². The Morgan fingerprint density at radius 1 is 1.12 bits per heavy atom. The van der Waals surface area contributed by atoms with Crippen molar-refractivity contribution in [1.29, 1.82) is 0 Å². The molecule has 2 saturated heterocycles. The molecule has 2 amide bonds. The Balaban J connectivity index is 1.40. The highest BCUT2D eigenvalue weighted by Crippen LogP contribution is 2.42. The van der Waals surface area contributed by atoms with Gasteiger partial charge in [-0.15, -0.1) is 0 Å². The number of amides is 2. The van der Waals surface area contributed by atoms with Gasteiger partial charge in [-0.3, -0.25) is 15.1 Å². The number of nitrogens with zero attached hydrogens (tertiary/aromatic N) is 3. The maximum atomic E-state index is 13.1. The molecule has 5 rings (SSSR count). The van der Waals surface area contributed by atoms with Gasteiger partial charge in [0.1, 0.15) is 0 Å². The van der Waals surface area contributed by atoms with Crippen molar-refractivity contribution >= 4 is 23.4 Å². The first kappa shape index (κ1) is 22.6. The zero-order chi connectivity index (χ0) is 23.1. The number of benzene rings is 1. The van der Waals surface area contributed by atoms with Crippen LogP contribution in [0.25, 0.3) is 0 Å². The van der Waals surface area contributed by atoms with Crippen LogP contribution in [0.5, 0.6) is 0 Å². The molecule has 4 aliphatic rings. The number of carbonyl (C=O) groups is 2. The van der Waals surface area contributed by atoms with Gasteiger partial charge >= 0.3 is 6.09 Å². The molecule has 3 aliphatic heterocycles. The van der Waals surface area contributed by atoms with E-state index in [0.29, 0.717) is 18.4 Å². The third-order valence-electron chi connectivity index (χ3n) is 7.27.